The van der Waals surface area contributed by atoms with Crippen LogP contribution in [0.2, 0.25) is 0 Å². The molecule has 0 saturated heterocycles. The molecule has 6 heteroatoms. The van der Waals surface area contributed by atoms with E-state index in [-0.39, 0.29) is 0 Å². The lowest BCUT2D eigenvalue weighted by molar-refractivity contribution is 0.217. The predicted molar refractivity (Wildman–Crippen MR) is 113 cm³/mol. The zero-order chi connectivity index (χ0) is 19.3. The van der Waals surface area contributed by atoms with Crippen LogP contribution in [0.25, 0.3) is 0 Å². The molecular formula is C21H23O4P2+. The van der Waals surface area contributed by atoms with Gasteiger partial charge in [-0.15, -0.1) is 4.31 Å². The van der Waals surface area contributed by atoms with Crippen LogP contribution < -0.4 is 15.9 Å². The zero-order valence-electron chi connectivity index (χ0n) is 15.6. The van der Waals surface area contributed by atoms with Crippen molar-refractivity contribution in [3.05, 3.63) is 90.5 Å². The molecule has 0 unspecified atom stereocenters. The smallest absolute Gasteiger partial charge is 0.288 e. The predicted octanol–water partition coefficient (Wildman–Crippen LogP) is 4.62. The van der Waals surface area contributed by atoms with Gasteiger partial charge in [0.2, 0.25) is 0 Å². The van der Waals surface area contributed by atoms with Crippen molar-refractivity contribution in [1.29, 1.82) is 0 Å². The van der Waals surface area contributed by atoms with Crippen LogP contribution in [0.5, 0.6) is 0 Å². The highest BCUT2D eigenvalue weighted by Gasteiger charge is 2.54. The van der Waals surface area contributed by atoms with Crippen molar-refractivity contribution in [3.8, 4) is 0 Å². The van der Waals surface area contributed by atoms with Crippen LogP contribution in [0, 0.1) is 6.92 Å². The van der Waals surface area contributed by atoms with Crippen LogP contribution in [0.3, 0.4) is 0 Å². The van der Waals surface area contributed by atoms with E-state index in [1.54, 1.807) is 0 Å². The van der Waals surface area contributed by atoms with E-state index in [9.17, 15) is 4.57 Å². The molecule has 0 aliphatic rings. The summed E-state index contributed by atoms with van der Waals surface area (Å²) in [6.07, 6.45) is 0. The summed E-state index contributed by atoms with van der Waals surface area (Å²) in [4.78, 5) is 0. The molecular weight excluding hydrogens is 378 g/mol. The van der Waals surface area contributed by atoms with E-state index in [4.69, 9.17) is 13.4 Å². The molecule has 0 heterocycles. The Balaban J connectivity index is 2.34. The van der Waals surface area contributed by atoms with E-state index in [2.05, 4.69) is 0 Å². The Hall–Kier alpha value is -1.80. The lowest BCUT2D eigenvalue weighted by atomic mass is 10.2. The van der Waals surface area contributed by atoms with E-state index in [0.29, 0.717) is 0 Å². The van der Waals surface area contributed by atoms with E-state index < -0.39 is 15.3 Å². The monoisotopic (exact) mass is 401 g/mol. The molecule has 0 saturated carbocycles. The first-order valence-electron chi connectivity index (χ1n) is 8.54. The molecule has 0 atom stereocenters. The van der Waals surface area contributed by atoms with Crippen molar-refractivity contribution in [2.45, 2.75) is 6.92 Å². The summed E-state index contributed by atoms with van der Waals surface area (Å²) >= 11 is 0. The minimum absolute atomic E-state index is 0.939. The lowest BCUT2D eigenvalue weighted by Gasteiger charge is -2.27. The molecule has 0 amide bonds. The maximum Gasteiger partial charge on any atom is 0.509 e. The Bertz CT molecular complexity index is 864. The van der Waals surface area contributed by atoms with Crippen molar-refractivity contribution in [1.82, 2.24) is 0 Å². The standard InChI is InChI=1S/C21H23O4P2/c1-18-14-16-21(17-15-18)26(19-10-6-4-7-11-19,20-12-8-5-9-13-20)25-27(22,23-2)24-3/h4-17H,1-3H3/q+1. The van der Waals surface area contributed by atoms with Crippen LogP contribution >= 0.6 is 15.3 Å². The van der Waals surface area contributed by atoms with Gasteiger partial charge in [0.15, 0.2) is 0 Å². The maximum absolute atomic E-state index is 13.1. The molecule has 3 aromatic rings. The Morgan fingerprint density at radius 2 is 1.07 bits per heavy atom. The molecule has 3 rings (SSSR count). The average Bonchev–Trinajstić information content (AvgIpc) is 2.74. The summed E-state index contributed by atoms with van der Waals surface area (Å²) in [6.45, 7) is 2.03. The highest BCUT2D eigenvalue weighted by molar-refractivity contribution is 7.94. The fourth-order valence-electron chi connectivity index (χ4n) is 2.91. The van der Waals surface area contributed by atoms with Gasteiger partial charge < -0.3 is 0 Å². The van der Waals surface area contributed by atoms with Gasteiger partial charge in [-0.2, -0.15) is 0 Å². The topological polar surface area (TPSA) is 44.8 Å². The minimum atomic E-state index is -3.76. The van der Waals surface area contributed by atoms with E-state index in [1.165, 1.54) is 14.2 Å². The number of hydrogen-bond donors (Lipinski definition) is 0. The van der Waals surface area contributed by atoms with Gasteiger partial charge in [-0.05, 0) is 43.3 Å². The Morgan fingerprint density at radius 1 is 0.667 bits per heavy atom. The normalized spacial score (nSPS) is 12.1. The number of phosphoric acid groups is 1. The number of aryl methyl sites for hydroxylation is 1. The molecule has 0 aliphatic heterocycles. The third kappa shape index (κ3) is 4.06. The number of hydrogen-bond acceptors (Lipinski definition) is 4. The van der Waals surface area contributed by atoms with Crippen molar-refractivity contribution >= 4 is 31.2 Å². The number of rotatable bonds is 7. The number of phosphoric ester groups is 1. The summed E-state index contributed by atoms with van der Waals surface area (Å²) in [5, 5.41) is 2.82. The molecule has 27 heavy (non-hydrogen) atoms. The molecule has 0 aromatic heterocycles. The summed E-state index contributed by atoms with van der Waals surface area (Å²) < 4.78 is 29.8. The molecule has 3 aromatic carbocycles. The van der Waals surface area contributed by atoms with Gasteiger partial charge in [0.1, 0.15) is 15.9 Å². The molecule has 0 spiro atoms. The number of benzene rings is 3. The first-order chi connectivity index (χ1) is 13.0. The van der Waals surface area contributed by atoms with Gasteiger partial charge in [-0.3, -0.25) is 9.05 Å². The molecule has 0 bridgehead atoms. The van der Waals surface area contributed by atoms with Crippen molar-refractivity contribution in [2.24, 2.45) is 0 Å². The van der Waals surface area contributed by atoms with E-state index >= 15 is 0 Å². The summed E-state index contributed by atoms with van der Waals surface area (Å²) in [5.74, 6) is 0. The lowest BCUT2D eigenvalue weighted by Crippen LogP contribution is -2.32. The first-order valence-corrected chi connectivity index (χ1v) is 11.7. The van der Waals surface area contributed by atoms with Crippen LogP contribution in [0.15, 0.2) is 84.9 Å². The molecule has 0 fully saturated rings. The SMILES string of the molecule is COP(=O)(OC)O[P+](c1ccccc1)(c1ccccc1)c1ccc(C)cc1. The van der Waals surface area contributed by atoms with Gasteiger partial charge in [0.05, 0.1) is 0 Å². The van der Waals surface area contributed by atoms with Crippen LogP contribution in [0.1, 0.15) is 5.56 Å². The molecule has 0 radical (unpaired) electrons. The van der Waals surface area contributed by atoms with Crippen LogP contribution in [-0.2, 0) is 17.9 Å². The Labute approximate surface area is 161 Å². The molecule has 140 valence electrons. The van der Waals surface area contributed by atoms with Gasteiger partial charge in [0, 0.05) is 14.2 Å². The molecule has 4 nitrogen and oxygen atoms in total. The van der Waals surface area contributed by atoms with Crippen molar-refractivity contribution in [2.75, 3.05) is 14.2 Å². The average molecular weight is 401 g/mol. The van der Waals surface area contributed by atoms with E-state index in [0.717, 1.165) is 21.5 Å². The second-order valence-electron chi connectivity index (χ2n) is 6.01. The van der Waals surface area contributed by atoms with Crippen LogP contribution in [0.4, 0.5) is 0 Å². The second kappa shape index (κ2) is 8.48. The van der Waals surface area contributed by atoms with Gasteiger partial charge >= 0.3 is 7.82 Å². The molecule has 0 aliphatic carbocycles. The third-order valence-electron chi connectivity index (χ3n) is 4.31. The fraction of sp³-hybridized carbons (Fsp3) is 0.143. The van der Waals surface area contributed by atoms with Crippen molar-refractivity contribution in [3.63, 3.8) is 0 Å². The maximum atomic E-state index is 13.1. The summed E-state index contributed by atoms with van der Waals surface area (Å²) in [5.41, 5.74) is 1.14. The summed E-state index contributed by atoms with van der Waals surface area (Å²) in [7, 11) is -3.83. The minimum Gasteiger partial charge on any atom is -0.288 e. The highest BCUT2D eigenvalue weighted by Crippen LogP contribution is 2.69. The fourth-order valence-corrected chi connectivity index (χ4v) is 8.57. The summed E-state index contributed by atoms with van der Waals surface area (Å²) in [6, 6.07) is 27.8. The van der Waals surface area contributed by atoms with Crippen LogP contribution in [-0.4, -0.2) is 14.2 Å². The van der Waals surface area contributed by atoms with Gasteiger partial charge in [0.25, 0.3) is 7.49 Å². The third-order valence-corrected chi connectivity index (χ3v) is 10.1. The molecule has 0 N–H and O–H groups in total. The largest absolute Gasteiger partial charge is 0.509 e. The second-order valence-corrected chi connectivity index (χ2v) is 11.1. The highest BCUT2D eigenvalue weighted by atomic mass is 31.3. The zero-order valence-corrected chi connectivity index (χ0v) is 17.4. The van der Waals surface area contributed by atoms with Gasteiger partial charge in [-0.25, -0.2) is 4.57 Å². The van der Waals surface area contributed by atoms with E-state index in [1.807, 2.05) is 91.9 Å². The Kier molecular flexibility index (Phi) is 6.26. The van der Waals surface area contributed by atoms with Crippen molar-refractivity contribution < 1.29 is 17.9 Å². The quantitative estimate of drug-likeness (QED) is 0.542. The van der Waals surface area contributed by atoms with Gasteiger partial charge in [-0.1, -0.05) is 54.1 Å². The first kappa shape index (κ1) is 19.9. The Morgan fingerprint density at radius 3 is 1.48 bits per heavy atom.